The van der Waals surface area contributed by atoms with Crippen LogP contribution in [0.25, 0.3) is 28.6 Å². The van der Waals surface area contributed by atoms with Crippen molar-refractivity contribution in [3.8, 4) is 11.5 Å². The molecule has 3 aromatic rings. The summed E-state index contributed by atoms with van der Waals surface area (Å²) < 4.78 is 43.1. The van der Waals surface area contributed by atoms with E-state index in [1.54, 1.807) is 18.2 Å². The van der Waals surface area contributed by atoms with Crippen LogP contribution < -0.4 is 0 Å². The van der Waals surface area contributed by atoms with Crippen molar-refractivity contribution in [2.24, 2.45) is 0 Å². The molecule has 1 aromatic heterocycles. The minimum absolute atomic E-state index is 0.292. The second kappa shape index (κ2) is 4.77. The second-order valence-electron chi connectivity index (χ2n) is 4.53. The summed E-state index contributed by atoms with van der Waals surface area (Å²) in [6.45, 7) is 3.67. The number of aromatic nitrogens is 1. The number of rotatable bonds is 2. The van der Waals surface area contributed by atoms with Crippen LogP contribution in [0.15, 0.2) is 53.5 Å². The van der Waals surface area contributed by atoms with Gasteiger partial charge in [0.25, 0.3) is 0 Å². The third kappa shape index (κ3) is 2.54. The van der Waals surface area contributed by atoms with Crippen molar-refractivity contribution in [1.82, 2.24) is 4.98 Å². The van der Waals surface area contributed by atoms with E-state index in [1.807, 2.05) is 6.07 Å². The van der Waals surface area contributed by atoms with Gasteiger partial charge < -0.3 is 4.42 Å². The molecule has 0 aliphatic heterocycles. The van der Waals surface area contributed by atoms with Gasteiger partial charge in [-0.25, -0.2) is 4.98 Å². The van der Waals surface area contributed by atoms with Crippen molar-refractivity contribution in [2.75, 3.05) is 0 Å². The molecule has 0 amide bonds. The molecular weight excluding hydrogens is 279 g/mol. The van der Waals surface area contributed by atoms with Crippen LogP contribution in [-0.2, 0) is 6.18 Å². The number of fused-ring (bicyclic) bond motifs is 1. The number of alkyl halides is 3. The topological polar surface area (TPSA) is 26.0 Å². The standard InChI is InChI=1S/C16H10F3NO/c1-2-10-3-8-14-13(9-10)20-15(21-14)11-4-6-12(7-5-11)16(17,18)19/h2-9H,1H2. The van der Waals surface area contributed by atoms with Gasteiger partial charge in [0.2, 0.25) is 5.89 Å². The summed E-state index contributed by atoms with van der Waals surface area (Å²) in [5, 5.41) is 0. The molecule has 0 atom stereocenters. The lowest BCUT2D eigenvalue weighted by atomic mass is 10.1. The summed E-state index contributed by atoms with van der Waals surface area (Å²) in [5.74, 6) is 0.292. The monoisotopic (exact) mass is 289 g/mol. The first-order chi connectivity index (χ1) is 9.97. The first-order valence-corrected chi connectivity index (χ1v) is 6.18. The Labute approximate surface area is 118 Å². The Kier molecular flexibility index (Phi) is 3.05. The van der Waals surface area contributed by atoms with Gasteiger partial charge in [-0.05, 0) is 42.0 Å². The van der Waals surface area contributed by atoms with Gasteiger partial charge in [0.1, 0.15) is 5.52 Å². The van der Waals surface area contributed by atoms with Crippen LogP contribution in [0.4, 0.5) is 13.2 Å². The molecule has 2 nitrogen and oxygen atoms in total. The molecule has 0 N–H and O–H groups in total. The Bertz CT molecular complexity index is 800. The summed E-state index contributed by atoms with van der Waals surface area (Å²) >= 11 is 0. The average Bonchev–Trinajstić information content (AvgIpc) is 2.89. The number of benzene rings is 2. The summed E-state index contributed by atoms with van der Waals surface area (Å²) in [4.78, 5) is 4.29. The van der Waals surface area contributed by atoms with Gasteiger partial charge in [0.15, 0.2) is 5.58 Å². The van der Waals surface area contributed by atoms with Crippen molar-refractivity contribution in [3.63, 3.8) is 0 Å². The molecule has 3 rings (SSSR count). The van der Waals surface area contributed by atoms with E-state index in [1.165, 1.54) is 12.1 Å². The fraction of sp³-hybridized carbons (Fsp3) is 0.0625. The van der Waals surface area contributed by atoms with Crippen LogP contribution in [-0.4, -0.2) is 4.98 Å². The van der Waals surface area contributed by atoms with Gasteiger partial charge in [0, 0.05) is 5.56 Å². The predicted octanol–water partition coefficient (Wildman–Crippen LogP) is 5.16. The molecule has 0 bridgehead atoms. The number of oxazole rings is 1. The highest BCUT2D eigenvalue weighted by Gasteiger charge is 2.30. The first kappa shape index (κ1) is 13.4. The van der Waals surface area contributed by atoms with Crippen molar-refractivity contribution in [2.45, 2.75) is 6.18 Å². The van der Waals surface area contributed by atoms with E-state index < -0.39 is 11.7 Å². The van der Waals surface area contributed by atoms with Gasteiger partial charge in [-0.3, -0.25) is 0 Å². The lowest BCUT2D eigenvalue weighted by molar-refractivity contribution is -0.137. The van der Waals surface area contributed by atoms with E-state index in [2.05, 4.69) is 11.6 Å². The molecule has 5 heteroatoms. The van der Waals surface area contributed by atoms with E-state index in [-0.39, 0.29) is 0 Å². The predicted molar refractivity (Wildman–Crippen MR) is 74.5 cm³/mol. The normalized spacial score (nSPS) is 11.8. The Hall–Kier alpha value is -2.56. The highest BCUT2D eigenvalue weighted by Crippen LogP contribution is 2.31. The SMILES string of the molecule is C=Cc1ccc2oc(-c3ccc(C(F)(F)F)cc3)nc2c1. The van der Waals surface area contributed by atoms with E-state index in [9.17, 15) is 13.2 Å². The number of halogens is 3. The van der Waals surface area contributed by atoms with E-state index >= 15 is 0 Å². The Morgan fingerprint density at radius 1 is 1.05 bits per heavy atom. The highest BCUT2D eigenvalue weighted by molar-refractivity contribution is 5.78. The fourth-order valence-corrected chi connectivity index (χ4v) is 2.00. The zero-order valence-corrected chi connectivity index (χ0v) is 10.8. The van der Waals surface area contributed by atoms with Crippen molar-refractivity contribution < 1.29 is 17.6 Å². The number of nitrogens with zero attached hydrogens (tertiary/aromatic N) is 1. The average molecular weight is 289 g/mol. The van der Waals surface area contributed by atoms with Gasteiger partial charge in [0.05, 0.1) is 5.56 Å². The third-order valence-corrected chi connectivity index (χ3v) is 3.11. The molecule has 0 saturated carbocycles. The van der Waals surface area contributed by atoms with Gasteiger partial charge >= 0.3 is 6.18 Å². The molecule has 0 aliphatic carbocycles. The number of hydrogen-bond acceptors (Lipinski definition) is 2. The molecule has 2 aromatic carbocycles. The molecule has 1 heterocycles. The Morgan fingerprint density at radius 2 is 1.76 bits per heavy atom. The Balaban J connectivity index is 2.02. The largest absolute Gasteiger partial charge is 0.436 e. The maximum absolute atomic E-state index is 12.5. The zero-order valence-electron chi connectivity index (χ0n) is 10.8. The fourth-order valence-electron chi connectivity index (χ4n) is 2.00. The van der Waals surface area contributed by atoms with Crippen molar-refractivity contribution in [3.05, 3.63) is 60.2 Å². The zero-order chi connectivity index (χ0) is 15.0. The van der Waals surface area contributed by atoms with E-state index in [0.29, 0.717) is 22.6 Å². The molecule has 0 fully saturated rings. The maximum Gasteiger partial charge on any atom is 0.416 e. The summed E-state index contributed by atoms with van der Waals surface area (Å²) in [6.07, 6.45) is -2.66. The molecule has 0 aliphatic rings. The van der Waals surface area contributed by atoms with Crippen LogP contribution in [0.1, 0.15) is 11.1 Å². The van der Waals surface area contributed by atoms with Crippen molar-refractivity contribution >= 4 is 17.2 Å². The van der Waals surface area contributed by atoms with E-state index in [0.717, 1.165) is 17.7 Å². The van der Waals surface area contributed by atoms with Gasteiger partial charge in [-0.15, -0.1) is 0 Å². The second-order valence-corrected chi connectivity index (χ2v) is 4.53. The quantitative estimate of drug-likeness (QED) is 0.651. The molecule has 0 unspecified atom stereocenters. The summed E-state index contributed by atoms with van der Waals surface area (Å²) in [5.41, 5.74) is 1.92. The van der Waals surface area contributed by atoms with E-state index in [4.69, 9.17) is 4.42 Å². The first-order valence-electron chi connectivity index (χ1n) is 6.18. The molecule has 0 radical (unpaired) electrons. The summed E-state index contributed by atoms with van der Waals surface area (Å²) in [6, 6.07) is 10.1. The van der Waals surface area contributed by atoms with Crippen LogP contribution in [0.2, 0.25) is 0 Å². The Morgan fingerprint density at radius 3 is 2.38 bits per heavy atom. The van der Waals surface area contributed by atoms with Crippen molar-refractivity contribution in [1.29, 1.82) is 0 Å². The lowest BCUT2D eigenvalue weighted by Crippen LogP contribution is -2.03. The van der Waals surface area contributed by atoms with Crippen LogP contribution >= 0.6 is 0 Å². The minimum atomic E-state index is -4.35. The molecule has 0 saturated heterocycles. The minimum Gasteiger partial charge on any atom is -0.436 e. The smallest absolute Gasteiger partial charge is 0.416 e. The molecular formula is C16H10F3NO. The molecule has 21 heavy (non-hydrogen) atoms. The maximum atomic E-state index is 12.5. The van der Waals surface area contributed by atoms with Crippen LogP contribution in [0, 0.1) is 0 Å². The highest BCUT2D eigenvalue weighted by atomic mass is 19.4. The number of hydrogen-bond donors (Lipinski definition) is 0. The van der Waals surface area contributed by atoms with Gasteiger partial charge in [-0.2, -0.15) is 13.2 Å². The van der Waals surface area contributed by atoms with Crippen LogP contribution in [0.5, 0.6) is 0 Å². The lowest BCUT2D eigenvalue weighted by Gasteiger charge is -2.05. The molecule has 0 spiro atoms. The molecule has 106 valence electrons. The third-order valence-electron chi connectivity index (χ3n) is 3.11. The van der Waals surface area contributed by atoms with Crippen LogP contribution in [0.3, 0.4) is 0 Å². The summed E-state index contributed by atoms with van der Waals surface area (Å²) in [7, 11) is 0. The van der Waals surface area contributed by atoms with Gasteiger partial charge in [-0.1, -0.05) is 18.7 Å².